The minimum absolute atomic E-state index is 0.0384. The molecule has 0 saturated carbocycles. The van der Waals surface area contributed by atoms with E-state index >= 15 is 0 Å². The second-order valence-electron chi connectivity index (χ2n) is 3.92. The normalized spacial score (nSPS) is 11.7. The first-order chi connectivity index (χ1) is 9.41. The van der Waals surface area contributed by atoms with Crippen molar-refractivity contribution in [3.63, 3.8) is 0 Å². The lowest BCUT2D eigenvalue weighted by atomic mass is 10.1. The average Bonchev–Trinajstić information content (AvgIpc) is 2.40. The quantitative estimate of drug-likeness (QED) is 0.875. The highest BCUT2D eigenvalue weighted by Gasteiger charge is 2.30. The van der Waals surface area contributed by atoms with Crippen LogP contribution in [0.4, 0.5) is 13.2 Å². The van der Waals surface area contributed by atoms with Crippen molar-refractivity contribution in [2.45, 2.75) is 22.6 Å². The largest absolute Gasteiger partial charge is 0.416 e. The zero-order chi connectivity index (χ0) is 14.8. The van der Waals surface area contributed by atoms with Crippen LogP contribution >= 0.6 is 27.7 Å². The maximum atomic E-state index is 12.7. The molecule has 0 unspecified atom stereocenters. The molecular weight excluding hydrogens is 353 g/mol. The van der Waals surface area contributed by atoms with Gasteiger partial charge in [-0.3, -0.25) is 0 Å². The summed E-state index contributed by atoms with van der Waals surface area (Å²) in [5, 5.41) is 0.682. The molecule has 2 rings (SSSR count). The number of aromatic nitrogens is 1. The summed E-state index contributed by atoms with van der Waals surface area (Å²) in [4.78, 5) is 4.84. The van der Waals surface area contributed by atoms with Crippen LogP contribution in [-0.4, -0.2) is 4.98 Å². The second kappa shape index (κ2) is 6.15. The first-order valence-electron chi connectivity index (χ1n) is 5.60. The molecule has 0 aliphatic rings. The Labute approximate surface area is 126 Å². The molecule has 1 aromatic heterocycles. The zero-order valence-electron chi connectivity index (χ0n) is 10.1. The fourth-order valence-corrected chi connectivity index (χ4v) is 2.96. The van der Waals surface area contributed by atoms with Crippen molar-refractivity contribution in [3.8, 4) is 0 Å². The van der Waals surface area contributed by atoms with Crippen molar-refractivity contribution >= 4 is 27.7 Å². The van der Waals surface area contributed by atoms with Gasteiger partial charge in [0.2, 0.25) is 0 Å². The van der Waals surface area contributed by atoms with Crippen molar-refractivity contribution < 1.29 is 13.2 Å². The molecule has 7 heteroatoms. The van der Waals surface area contributed by atoms with Crippen LogP contribution in [0.2, 0.25) is 0 Å². The smallest absolute Gasteiger partial charge is 0.326 e. The van der Waals surface area contributed by atoms with E-state index in [4.69, 9.17) is 5.73 Å². The fraction of sp³-hybridized carbons (Fsp3) is 0.154. The summed E-state index contributed by atoms with van der Waals surface area (Å²) >= 11 is 4.63. The number of alkyl halides is 3. The Morgan fingerprint density at radius 3 is 2.60 bits per heavy atom. The highest BCUT2D eigenvalue weighted by atomic mass is 79.9. The monoisotopic (exact) mass is 362 g/mol. The molecule has 2 N–H and O–H groups in total. The van der Waals surface area contributed by atoms with Gasteiger partial charge in [0.1, 0.15) is 5.03 Å². The number of hydrogen-bond donors (Lipinski definition) is 1. The van der Waals surface area contributed by atoms with Crippen LogP contribution in [0.3, 0.4) is 0 Å². The lowest BCUT2D eigenvalue weighted by Crippen LogP contribution is -2.07. The van der Waals surface area contributed by atoms with Gasteiger partial charge in [-0.15, -0.1) is 0 Å². The van der Waals surface area contributed by atoms with Gasteiger partial charge in [-0.25, -0.2) is 4.98 Å². The number of pyridine rings is 1. The van der Waals surface area contributed by atoms with Gasteiger partial charge >= 0.3 is 6.18 Å². The molecule has 0 aliphatic carbocycles. The van der Waals surface area contributed by atoms with E-state index in [9.17, 15) is 13.2 Å². The topological polar surface area (TPSA) is 38.9 Å². The van der Waals surface area contributed by atoms with Crippen molar-refractivity contribution in [1.82, 2.24) is 4.98 Å². The summed E-state index contributed by atoms with van der Waals surface area (Å²) in [6.45, 7) is 0.0384. The fourth-order valence-electron chi connectivity index (χ4n) is 1.57. The summed E-state index contributed by atoms with van der Waals surface area (Å²) in [7, 11) is 0. The SMILES string of the molecule is NCc1cc(C(F)(F)F)ccc1Sc1ncccc1Br. The number of nitrogens with zero attached hydrogens (tertiary/aromatic N) is 1. The second-order valence-corrected chi connectivity index (χ2v) is 5.80. The molecule has 0 saturated heterocycles. The van der Waals surface area contributed by atoms with Crippen LogP contribution in [0.15, 0.2) is 50.9 Å². The molecule has 1 heterocycles. The van der Waals surface area contributed by atoms with E-state index in [0.29, 0.717) is 15.5 Å². The third-order valence-electron chi connectivity index (χ3n) is 2.54. The molecule has 0 amide bonds. The van der Waals surface area contributed by atoms with Crippen LogP contribution < -0.4 is 5.73 Å². The van der Waals surface area contributed by atoms with E-state index in [2.05, 4.69) is 20.9 Å². The lowest BCUT2D eigenvalue weighted by Gasteiger charge is -2.12. The highest BCUT2D eigenvalue weighted by Crippen LogP contribution is 2.37. The number of halogens is 4. The van der Waals surface area contributed by atoms with E-state index in [1.54, 1.807) is 12.3 Å². The average molecular weight is 363 g/mol. The molecule has 0 aliphatic heterocycles. The summed E-state index contributed by atoms with van der Waals surface area (Å²) in [5.74, 6) is 0. The first-order valence-corrected chi connectivity index (χ1v) is 7.21. The first kappa shape index (κ1) is 15.3. The van der Waals surface area contributed by atoms with Gasteiger partial charge in [0.05, 0.1) is 10.0 Å². The van der Waals surface area contributed by atoms with Gasteiger partial charge in [0.15, 0.2) is 0 Å². The van der Waals surface area contributed by atoms with E-state index in [1.807, 2.05) is 6.07 Å². The molecule has 1 aromatic carbocycles. The molecule has 0 radical (unpaired) electrons. The van der Waals surface area contributed by atoms with Crippen molar-refractivity contribution in [2.75, 3.05) is 0 Å². The lowest BCUT2D eigenvalue weighted by molar-refractivity contribution is -0.137. The van der Waals surface area contributed by atoms with Crippen molar-refractivity contribution in [1.29, 1.82) is 0 Å². The molecule has 0 atom stereocenters. The number of nitrogens with two attached hydrogens (primary N) is 1. The standard InChI is InChI=1S/C13H10BrF3N2S/c14-10-2-1-5-19-12(10)20-11-4-3-9(13(15,16)17)6-8(11)7-18/h1-6H,7,18H2. The Morgan fingerprint density at radius 1 is 1.25 bits per heavy atom. The zero-order valence-corrected chi connectivity index (χ0v) is 12.5. The van der Waals surface area contributed by atoms with Gasteiger partial charge in [0, 0.05) is 17.6 Å². The molecule has 0 fully saturated rings. The van der Waals surface area contributed by atoms with Gasteiger partial charge < -0.3 is 5.73 Å². The summed E-state index contributed by atoms with van der Waals surface area (Å²) in [6.07, 6.45) is -2.74. The third kappa shape index (κ3) is 3.53. The van der Waals surface area contributed by atoms with Gasteiger partial charge in [-0.1, -0.05) is 11.8 Å². The van der Waals surface area contributed by atoms with Crippen LogP contribution in [-0.2, 0) is 12.7 Å². The summed E-state index contributed by atoms with van der Waals surface area (Å²) in [5.41, 5.74) is 5.30. The predicted molar refractivity (Wildman–Crippen MR) is 75.4 cm³/mol. The molecule has 106 valence electrons. The Kier molecular flexibility index (Phi) is 4.72. The Hall–Kier alpha value is -1.05. The summed E-state index contributed by atoms with van der Waals surface area (Å²) in [6, 6.07) is 7.15. The maximum Gasteiger partial charge on any atom is 0.416 e. The van der Waals surface area contributed by atoms with Crippen LogP contribution in [0.5, 0.6) is 0 Å². The van der Waals surface area contributed by atoms with Crippen molar-refractivity contribution in [2.24, 2.45) is 5.73 Å². The molecule has 20 heavy (non-hydrogen) atoms. The van der Waals surface area contributed by atoms with Crippen molar-refractivity contribution in [3.05, 3.63) is 52.1 Å². The molecule has 2 aromatic rings. The summed E-state index contributed by atoms with van der Waals surface area (Å²) < 4.78 is 38.8. The number of rotatable bonds is 3. The van der Waals surface area contributed by atoms with Gasteiger partial charge in [0.25, 0.3) is 0 Å². The van der Waals surface area contributed by atoms with E-state index in [1.165, 1.54) is 17.8 Å². The third-order valence-corrected chi connectivity index (χ3v) is 4.58. The Bertz CT molecular complexity index is 617. The Morgan fingerprint density at radius 2 is 2.00 bits per heavy atom. The van der Waals surface area contributed by atoms with Crippen LogP contribution in [0.25, 0.3) is 0 Å². The molecule has 0 spiro atoms. The predicted octanol–water partition coefficient (Wildman–Crippen LogP) is 4.47. The van der Waals surface area contributed by atoms with E-state index in [0.717, 1.165) is 16.6 Å². The van der Waals surface area contributed by atoms with Crippen LogP contribution in [0.1, 0.15) is 11.1 Å². The Balaban J connectivity index is 2.36. The molecule has 0 bridgehead atoms. The minimum atomic E-state index is -4.36. The van der Waals surface area contributed by atoms with Gasteiger partial charge in [-0.05, 0) is 51.8 Å². The van der Waals surface area contributed by atoms with Gasteiger partial charge in [-0.2, -0.15) is 13.2 Å². The molecular formula is C13H10BrF3N2S. The number of hydrogen-bond acceptors (Lipinski definition) is 3. The van der Waals surface area contributed by atoms with Crippen LogP contribution in [0, 0.1) is 0 Å². The maximum absolute atomic E-state index is 12.7. The number of benzene rings is 1. The molecule has 2 nitrogen and oxygen atoms in total. The minimum Gasteiger partial charge on any atom is -0.326 e. The van der Waals surface area contributed by atoms with E-state index < -0.39 is 11.7 Å². The van der Waals surface area contributed by atoms with E-state index in [-0.39, 0.29) is 6.54 Å². The highest BCUT2D eigenvalue weighted by molar-refractivity contribution is 9.10.